The number of aryl methyl sites for hydroxylation is 2. The summed E-state index contributed by atoms with van der Waals surface area (Å²) in [4.78, 5) is 23.6. The summed E-state index contributed by atoms with van der Waals surface area (Å²) in [7, 11) is 0. The summed E-state index contributed by atoms with van der Waals surface area (Å²) in [5, 5.41) is 9.71. The van der Waals surface area contributed by atoms with Gasteiger partial charge in [-0.1, -0.05) is 36.8 Å². The van der Waals surface area contributed by atoms with Gasteiger partial charge in [0.25, 0.3) is 0 Å². The third-order valence-electron chi connectivity index (χ3n) is 3.54. The Morgan fingerprint density at radius 2 is 1.86 bits per heavy atom. The van der Waals surface area contributed by atoms with Gasteiger partial charge < -0.3 is 9.52 Å². The second-order valence-corrected chi connectivity index (χ2v) is 5.37. The Balaban J connectivity index is 1.80. The van der Waals surface area contributed by atoms with Crippen molar-refractivity contribution >= 4 is 5.78 Å². The first-order valence-corrected chi connectivity index (χ1v) is 7.49. The van der Waals surface area contributed by atoms with Gasteiger partial charge in [-0.25, -0.2) is 4.79 Å². The predicted molar refractivity (Wildman–Crippen MR) is 84.3 cm³/mol. The van der Waals surface area contributed by atoms with Crippen LogP contribution in [0.25, 0.3) is 0 Å². The van der Waals surface area contributed by atoms with E-state index in [0.29, 0.717) is 12.2 Å². The largest absolute Gasteiger partial charge is 0.507 e. The van der Waals surface area contributed by atoms with Crippen LogP contribution in [0, 0.1) is 6.92 Å². The van der Waals surface area contributed by atoms with E-state index in [1.54, 1.807) is 6.92 Å². The molecule has 0 radical (unpaired) electrons. The van der Waals surface area contributed by atoms with Crippen molar-refractivity contribution in [2.45, 2.75) is 39.0 Å². The minimum Gasteiger partial charge on any atom is -0.507 e. The van der Waals surface area contributed by atoms with Crippen molar-refractivity contribution in [1.29, 1.82) is 0 Å². The molecule has 0 atom stereocenters. The Kier molecular flexibility index (Phi) is 5.53. The highest BCUT2D eigenvalue weighted by molar-refractivity contribution is 5.97. The van der Waals surface area contributed by atoms with Crippen LogP contribution in [-0.4, -0.2) is 10.9 Å². The van der Waals surface area contributed by atoms with E-state index in [1.807, 2.05) is 18.2 Å². The number of unbranched alkanes of at least 4 members (excludes halogenated alkanes) is 2. The lowest BCUT2D eigenvalue weighted by Crippen LogP contribution is -2.14. The minimum absolute atomic E-state index is 0.228. The molecule has 0 amide bonds. The molecule has 0 bridgehead atoms. The van der Waals surface area contributed by atoms with Crippen LogP contribution in [0.5, 0.6) is 5.75 Å². The summed E-state index contributed by atoms with van der Waals surface area (Å²) < 4.78 is 4.86. The molecular formula is C18H20O4. The Morgan fingerprint density at radius 3 is 2.55 bits per heavy atom. The molecule has 4 heteroatoms. The second kappa shape index (κ2) is 7.59. The normalized spacial score (nSPS) is 10.6. The molecule has 22 heavy (non-hydrogen) atoms. The first-order valence-electron chi connectivity index (χ1n) is 7.49. The van der Waals surface area contributed by atoms with Crippen molar-refractivity contribution in [1.82, 2.24) is 0 Å². The second-order valence-electron chi connectivity index (χ2n) is 5.37. The van der Waals surface area contributed by atoms with Crippen LogP contribution in [0.3, 0.4) is 0 Å². The summed E-state index contributed by atoms with van der Waals surface area (Å²) in [5.74, 6) is -0.351. The zero-order chi connectivity index (χ0) is 15.9. The summed E-state index contributed by atoms with van der Waals surface area (Å²) in [6.07, 6.45) is 3.81. The van der Waals surface area contributed by atoms with Crippen LogP contribution in [0.15, 0.2) is 45.6 Å². The van der Waals surface area contributed by atoms with Crippen LogP contribution in [0.2, 0.25) is 0 Å². The van der Waals surface area contributed by atoms with Crippen molar-refractivity contribution in [2.24, 2.45) is 0 Å². The number of Topliss-reactive ketones (excluding diaryl/α,β-unsaturated/α-hetero) is 1. The highest BCUT2D eigenvalue weighted by atomic mass is 16.4. The average molecular weight is 300 g/mol. The van der Waals surface area contributed by atoms with Crippen LogP contribution >= 0.6 is 0 Å². The molecule has 0 fully saturated rings. The molecule has 1 heterocycles. The van der Waals surface area contributed by atoms with E-state index in [-0.39, 0.29) is 23.5 Å². The molecule has 1 N–H and O–H groups in total. The van der Waals surface area contributed by atoms with E-state index in [4.69, 9.17) is 4.42 Å². The van der Waals surface area contributed by atoms with Gasteiger partial charge >= 0.3 is 5.63 Å². The van der Waals surface area contributed by atoms with Crippen LogP contribution in [-0.2, 0) is 6.42 Å². The van der Waals surface area contributed by atoms with Crippen LogP contribution < -0.4 is 5.63 Å². The SMILES string of the molecule is Cc1cc(O)c(C(=O)CCCCCc2ccccc2)c(=O)o1. The van der Waals surface area contributed by atoms with Gasteiger partial charge in [0.2, 0.25) is 0 Å². The molecule has 0 aliphatic heterocycles. The molecule has 0 spiro atoms. The average Bonchev–Trinajstić information content (AvgIpc) is 2.47. The van der Waals surface area contributed by atoms with Crippen LogP contribution in [0.4, 0.5) is 0 Å². The zero-order valence-electron chi connectivity index (χ0n) is 12.7. The lowest BCUT2D eigenvalue weighted by atomic mass is 10.0. The number of rotatable bonds is 7. The molecule has 0 aliphatic rings. The Morgan fingerprint density at radius 1 is 1.14 bits per heavy atom. The summed E-state index contributed by atoms with van der Waals surface area (Å²) in [6.45, 7) is 1.55. The topological polar surface area (TPSA) is 67.5 Å². The fourth-order valence-electron chi connectivity index (χ4n) is 2.41. The molecule has 1 aromatic carbocycles. The van der Waals surface area contributed by atoms with Crippen LogP contribution in [0.1, 0.15) is 47.4 Å². The Labute approximate surface area is 129 Å². The Hall–Kier alpha value is -2.36. The maximum atomic E-state index is 12.0. The van der Waals surface area contributed by atoms with Gasteiger partial charge in [0.15, 0.2) is 5.78 Å². The van der Waals surface area contributed by atoms with Gasteiger partial charge in [-0.2, -0.15) is 0 Å². The van der Waals surface area contributed by atoms with E-state index in [1.165, 1.54) is 11.6 Å². The number of carbonyl (C=O) groups is 1. The zero-order valence-corrected chi connectivity index (χ0v) is 12.7. The number of hydrogen-bond donors (Lipinski definition) is 1. The molecule has 0 saturated carbocycles. The molecule has 2 aromatic rings. The van der Waals surface area contributed by atoms with Crippen molar-refractivity contribution < 1.29 is 14.3 Å². The number of carbonyl (C=O) groups excluding carboxylic acids is 1. The standard InChI is InChI=1S/C18H20O4/c1-13-12-16(20)17(18(21)22-13)15(19)11-7-3-6-10-14-8-4-2-5-9-14/h2,4-5,8-9,12,20H,3,6-7,10-11H2,1H3. The van der Waals surface area contributed by atoms with Gasteiger partial charge in [0.05, 0.1) is 0 Å². The smallest absolute Gasteiger partial charge is 0.350 e. The van der Waals surface area contributed by atoms with E-state index >= 15 is 0 Å². The number of ketones is 1. The van der Waals surface area contributed by atoms with E-state index < -0.39 is 5.63 Å². The monoisotopic (exact) mass is 300 g/mol. The third-order valence-corrected chi connectivity index (χ3v) is 3.54. The highest BCUT2D eigenvalue weighted by Crippen LogP contribution is 2.17. The van der Waals surface area contributed by atoms with Gasteiger partial charge in [0, 0.05) is 12.5 Å². The molecule has 0 unspecified atom stereocenters. The first-order chi connectivity index (χ1) is 10.6. The van der Waals surface area contributed by atoms with Gasteiger partial charge in [-0.05, 0) is 31.7 Å². The molecule has 116 valence electrons. The summed E-state index contributed by atoms with van der Waals surface area (Å²) in [6, 6.07) is 11.5. The van der Waals surface area contributed by atoms with Crippen molar-refractivity contribution in [3.63, 3.8) is 0 Å². The van der Waals surface area contributed by atoms with Crippen molar-refractivity contribution in [3.8, 4) is 5.75 Å². The lowest BCUT2D eigenvalue weighted by molar-refractivity contribution is 0.0972. The fourth-order valence-corrected chi connectivity index (χ4v) is 2.41. The quantitative estimate of drug-likeness (QED) is 0.626. The number of aromatic hydroxyl groups is 1. The van der Waals surface area contributed by atoms with Gasteiger partial charge in [0.1, 0.15) is 17.1 Å². The summed E-state index contributed by atoms with van der Waals surface area (Å²) in [5.41, 5.74) is 0.297. The number of benzene rings is 1. The molecule has 0 aliphatic carbocycles. The van der Waals surface area contributed by atoms with E-state index in [2.05, 4.69) is 12.1 Å². The predicted octanol–water partition coefficient (Wildman–Crippen LogP) is 3.64. The Bertz CT molecular complexity index is 686. The van der Waals surface area contributed by atoms with Gasteiger partial charge in [-0.15, -0.1) is 0 Å². The minimum atomic E-state index is -0.758. The van der Waals surface area contributed by atoms with Crippen molar-refractivity contribution in [2.75, 3.05) is 0 Å². The first kappa shape index (κ1) is 16.0. The van der Waals surface area contributed by atoms with Crippen molar-refractivity contribution in [3.05, 3.63) is 63.7 Å². The molecule has 2 rings (SSSR count). The van der Waals surface area contributed by atoms with E-state index in [0.717, 1.165) is 19.3 Å². The molecular weight excluding hydrogens is 280 g/mol. The molecule has 4 nitrogen and oxygen atoms in total. The summed E-state index contributed by atoms with van der Waals surface area (Å²) >= 11 is 0. The molecule has 0 saturated heterocycles. The number of hydrogen-bond acceptors (Lipinski definition) is 4. The maximum Gasteiger partial charge on any atom is 0.350 e. The van der Waals surface area contributed by atoms with Gasteiger partial charge in [-0.3, -0.25) is 4.79 Å². The lowest BCUT2D eigenvalue weighted by Gasteiger charge is -2.04. The highest BCUT2D eigenvalue weighted by Gasteiger charge is 2.17. The molecule has 1 aromatic heterocycles. The fraction of sp³-hybridized carbons (Fsp3) is 0.333. The maximum absolute atomic E-state index is 12.0. The van der Waals surface area contributed by atoms with E-state index in [9.17, 15) is 14.7 Å². The third kappa shape index (κ3) is 4.32.